The highest BCUT2D eigenvalue weighted by molar-refractivity contribution is 5.39. The summed E-state index contributed by atoms with van der Waals surface area (Å²) in [5, 5.41) is 18.6. The van der Waals surface area contributed by atoms with E-state index < -0.39 is 0 Å². The van der Waals surface area contributed by atoms with E-state index in [-0.39, 0.29) is 16.7 Å². The molecule has 0 spiro atoms. The molecule has 6 heteroatoms. The highest BCUT2D eigenvalue weighted by Crippen LogP contribution is 2.19. The van der Waals surface area contributed by atoms with Gasteiger partial charge >= 0.3 is 0 Å². The maximum atomic E-state index is 11.0. The van der Waals surface area contributed by atoms with Crippen LogP contribution >= 0.6 is 0 Å². The van der Waals surface area contributed by atoms with Crippen molar-refractivity contribution in [2.45, 2.75) is 32.9 Å². The van der Waals surface area contributed by atoms with Gasteiger partial charge in [-0.3, -0.25) is 14.8 Å². The van der Waals surface area contributed by atoms with Crippen molar-refractivity contribution >= 4 is 5.69 Å². The van der Waals surface area contributed by atoms with Crippen LogP contribution in [0.4, 0.5) is 5.69 Å². The lowest BCUT2D eigenvalue weighted by molar-refractivity contribution is -0.385. The minimum absolute atomic E-state index is 0.172. The highest BCUT2D eigenvalue weighted by Gasteiger charge is 2.12. The minimum atomic E-state index is -0.336. The van der Waals surface area contributed by atoms with E-state index >= 15 is 0 Å². The Morgan fingerprint density at radius 3 is 2.90 bits per heavy atom. The standard InChI is InChI=1S/C15H20N4O2/c1-3-16-12(2)14-10-17-18(11-14)9-8-13-6-4-5-7-15(13)19(20)21/h4-7,10-12,16H,3,8-9H2,1-2H3. The number of nitrogens with zero attached hydrogens (tertiary/aromatic N) is 3. The molecule has 112 valence electrons. The molecule has 6 nitrogen and oxygen atoms in total. The van der Waals surface area contributed by atoms with Crippen molar-refractivity contribution in [2.75, 3.05) is 6.54 Å². The summed E-state index contributed by atoms with van der Waals surface area (Å²) >= 11 is 0. The zero-order valence-electron chi connectivity index (χ0n) is 12.3. The van der Waals surface area contributed by atoms with Crippen molar-refractivity contribution in [3.8, 4) is 0 Å². The van der Waals surface area contributed by atoms with Crippen LogP contribution in [0.2, 0.25) is 0 Å². The van der Waals surface area contributed by atoms with Crippen molar-refractivity contribution in [1.82, 2.24) is 15.1 Å². The van der Waals surface area contributed by atoms with Crippen molar-refractivity contribution < 1.29 is 4.92 Å². The Labute approximate surface area is 123 Å². The number of rotatable bonds is 7. The summed E-state index contributed by atoms with van der Waals surface area (Å²) in [7, 11) is 0. The molecule has 0 aliphatic carbocycles. The van der Waals surface area contributed by atoms with Crippen LogP contribution in [0.3, 0.4) is 0 Å². The number of nitrogens with one attached hydrogen (secondary N) is 1. The number of hydrogen-bond acceptors (Lipinski definition) is 4. The van der Waals surface area contributed by atoms with Crippen LogP contribution in [0, 0.1) is 10.1 Å². The predicted octanol–water partition coefficient (Wildman–Crippen LogP) is 2.70. The van der Waals surface area contributed by atoms with Gasteiger partial charge in [0.05, 0.1) is 11.1 Å². The maximum absolute atomic E-state index is 11.0. The summed E-state index contributed by atoms with van der Waals surface area (Å²) < 4.78 is 1.83. The second kappa shape index (κ2) is 6.99. The van der Waals surface area contributed by atoms with Crippen LogP contribution in [-0.2, 0) is 13.0 Å². The van der Waals surface area contributed by atoms with E-state index in [1.165, 1.54) is 6.07 Å². The van der Waals surface area contributed by atoms with Gasteiger partial charge in [0.1, 0.15) is 0 Å². The minimum Gasteiger partial charge on any atom is -0.310 e. The number of para-hydroxylation sites is 1. The van der Waals surface area contributed by atoms with Crippen LogP contribution in [0.1, 0.15) is 31.0 Å². The van der Waals surface area contributed by atoms with Gasteiger partial charge in [-0.25, -0.2) is 0 Å². The Kier molecular flexibility index (Phi) is 5.05. The molecule has 1 aromatic heterocycles. The molecule has 0 radical (unpaired) electrons. The summed E-state index contributed by atoms with van der Waals surface area (Å²) in [5.41, 5.74) is 2.03. The van der Waals surface area contributed by atoms with E-state index in [4.69, 9.17) is 0 Å². The average molecular weight is 288 g/mol. The number of aromatic nitrogens is 2. The van der Waals surface area contributed by atoms with Gasteiger partial charge in [-0.05, 0) is 19.9 Å². The molecular formula is C15H20N4O2. The fraction of sp³-hybridized carbons (Fsp3) is 0.400. The van der Waals surface area contributed by atoms with Crippen molar-refractivity contribution in [2.24, 2.45) is 0 Å². The summed E-state index contributed by atoms with van der Waals surface area (Å²) in [6.45, 7) is 5.69. The van der Waals surface area contributed by atoms with E-state index in [0.717, 1.165) is 17.7 Å². The molecule has 0 bridgehead atoms. The zero-order chi connectivity index (χ0) is 15.2. The van der Waals surface area contributed by atoms with Crippen LogP contribution in [-0.4, -0.2) is 21.2 Å². The van der Waals surface area contributed by atoms with Gasteiger partial charge in [-0.15, -0.1) is 0 Å². The molecule has 1 aromatic carbocycles. The lowest BCUT2D eigenvalue weighted by Crippen LogP contribution is -2.17. The van der Waals surface area contributed by atoms with Gasteiger partial charge in [-0.2, -0.15) is 5.10 Å². The van der Waals surface area contributed by atoms with Crippen molar-refractivity contribution in [3.63, 3.8) is 0 Å². The molecule has 1 unspecified atom stereocenters. The molecular weight excluding hydrogens is 268 g/mol. The first-order chi connectivity index (χ1) is 10.1. The molecule has 0 saturated heterocycles. The molecule has 0 saturated carbocycles. The number of benzene rings is 1. The van der Waals surface area contributed by atoms with Crippen LogP contribution < -0.4 is 5.32 Å². The Bertz CT molecular complexity index is 609. The third-order valence-electron chi connectivity index (χ3n) is 3.46. The molecule has 0 amide bonds. The topological polar surface area (TPSA) is 73.0 Å². The van der Waals surface area contributed by atoms with E-state index in [1.807, 2.05) is 23.1 Å². The first-order valence-electron chi connectivity index (χ1n) is 7.09. The average Bonchev–Trinajstić information content (AvgIpc) is 2.94. The smallest absolute Gasteiger partial charge is 0.272 e. The van der Waals surface area contributed by atoms with Crippen LogP contribution in [0.15, 0.2) is 36.7 Å². The van der Waals surface area contributed by atoms with E-state index in [9.17, 15) is 10.1 Å². The predicted molar refractivity (Wildman–Crippen MR) is 81.1 cm³/mol. The zero-order valence-corrected chi connectivity index (χ0v) is 12.3. The third-order valence-corrected chi connectivity index (χ3v) is 3.46. The summed E-state index contributed by atoms with van der Waals surface area (Å²) in [6, 6.07) is 7.10. The van der Waals surface area contributed by atoms with Gasteiger partial charge in [-0.1, -0.05) is 25.1 Å². The molecule has 0 fully saturated rings. The molecule has 1 heterocycles. The van der Waals surface area contributed by atoms with Crippen LogP contribution in [0.5, 0.6) is 0 Å². The monoisotopic (exact) mass is 288 g/mol. The summed E-state index contributed by atoms with van der Waals surface area (Å²) in [5.74, 6) is 0. The van der Waals surface area contributed by atoms with E-state index in [1.54, 1.807) is 12.1 Å². The van der Waals surface area contributed by atoms with Gasteiger partial charge in [0, 0.05) is 36.0 Å². The largest absolute Gasteiger partial charge is 0.310 e. The SMILES string of the molecule is CCNC(C)c1cnn(CCc2ccccc2[N+](=O)[O-])c1. The Hall–Kier alpha value is -2.21. The van der Waals surface area contributed by atoms with E-state index in [2.05, 4.69) is 24.3 Å². The highest BCUT2D eigenvalue weighted by atomic mass is 16.6. The Morgan fingerprint density at radius 1 is 1.43 bits per heavy atom. The fourth-order valence-corrected chi connectivity index (χ4v) is 2.28. The Morgan fingerprint density at radius 2 is 2.19 bits per heavy atom. The van der Waals surface area contributed by atoms with Gasteiger partial charge in [0.25, 0.3) is 5.69 Å². The molecule has 0 aliphatic rings. The third kappa shape index (κ3) is 3.88. The number of nitro groups is 1. The molecule has 2 aromatic rings. The molecule has 1 atom stereocenters. The van der Waals surface area contributed by atoms with E-state index in [0.29, 0.717) is 13.0 Å². The quantitative estimate of drug-likeness (QED) is 0.628. The number of aryl methyl sites for hydroxylation is 2. The first-order valence-corrected chi connectivity index (χ1v) is 7.09. The molecule has 1 N–H and O–H groups in total. The van der Waals surface area contributed by atoms with Gasteiger partial charge in [0.2, 0.25) is 0 Å². The lowest BCUT2D eigenvalue weighted by Gasteiger charge is -2.08. The Balaban J connectivity index is 2.02. The molecule has 21 heavy (non-hydrogen) atoms. The summed E-state index contributed by atoms with van der Waals surface area (Å²) in [6.07, 6.45) is 4.42. The first kappa shape index (κ1) is 15.2. The molecule has 2 rings (SSSR count). The number of hydrogen-bond donors (Lipinski definition) is 1. The maximum Gasteiger partial charge on any atom is 0.272 e. The van der Waals surface area contributed by atoms with Crippen molar-refractivity contribution in [3.05, 3.63) is 57.9 Å². The fourth-order valence-electron chi connectivity index (χ4n) is 2.28. The lowest BCUT2D eigenvalue weighted by atomic mass is 10.1. The second-order valence-corrected chi connectivity index (χ2v) is 4.95. The van der Waals surface area contributed by atoms with Crippen molar-refractivity contribution in [1.29, 1.82) is 0 Å². The number of nitro benzene ring substituents is 1. The molecule has 0 aliphatic heterocycles. The van der Waals surface area contributed by atoms with Gasteiger partial charge < -0.3 is 5.32 Å². The second-order valence-electron chi connectivity index (χ2n) is 4.95. The summed E-state index contributed by atoms with van der Waals surface area (Å²) in [4.78, 5) is 10.6. The normalized spacial score (nSPS) is 12.3. The van der Waals surface area contributed by atoms with Gasteiger partial charge in [0.15, 0.2) is 0 Å². The van der Waals surface area contributed by atoms with Crippen LogP contribution in [0.25, 0.3) is 0 Å².